The number of anilines is 2. The van der Waals surface area contributed by atoms with E-state index in [4.69, 9.17) is 10.1 Å². The second kappa shape index (κ2) is 10.4. The van der Waals surface area contributed by atoms with Gasteiger partial charge in [0.2, 0.25) is 0 Å². The molecule has 1 amide bonds. The number of ether oxygens (including phenoxy) is 1. The van der Waals surface area contributed by atoms with Crippen molar-refractivity contribution in [2.75, 3.05) is 30.8 Å². The van der Waals surface area contributed by atoms with Crippen molar-refractivity contribution in [2.24, 2.45) is 0 Å². The molecule has 0 saturated carbocycles. The molecule has 0 unspecified atom stereocenters. The van der Waals surface area contributed by atoms with Crippen LogP contribution in [0.5, 0.6) is 5.75 Å². The highest BCUT2D eigenvalue weighted by Gasteiger charge is 2.18. The van der Waals surface area contributed by atoms with Gasteiger partial charge >= 0.3 is 0 Å². The number of nitrogens with zero attached hydrogens (tertiary/aromatic N) is 2. The predicted molar refractivity (Wildman–Crippen MR) is 136 cm³/mol. The average molecular weight is 458 g/mol. The monoisotopic (exact) mass is 457 g/mol. The minimum Gasteiger partial charge on any atom is -0.495 e. The Balaban J connectivity index is 1.51. The summed E-state index contributed by atoms with van der Waals surface area (Å²) in [6.45, 7) is 6.31. The number of aryl methyl sites for hydroxylation is 2. The molecule has 1 fully saturated rings. The normalized spacial score (nSPS) is 13.0. The Morgan fingerprint density at radius 1 is 1.06 bits per heavy atom. The van der Waals surface area contributed by atoms with E-state index < -0.39 is 0 Å². The summed E-state index contributed by atoms with van der Waals surface area (Å²) >= 11 is 0. The van der Waals surface area contributed by atoms with Crippen molar-refractivity contribution in [3.05, 3.63) is 82.5 Å². The maximum Gasteiger partial charge on any atom is 0.259 e. The maximum atomic E-state index is 13.1. The van der Waals surface area contributed by atoms with Crippen molar-refractivity contribution in [3.63, 3.8) is 0 Å². The van der Waals surface area contributed by atoms with Crippen LogP contribution in [0.25, 0.3) is 0 Å². The summed E-state index contributed by atoms with van der Waals surface area (Å²) in [7, 11) is 1.60. The van der Waals surface area contributed by atoms with Gasteiger partial charge in [-0.2, -0.15) is 0 Å². The zero-order valence-corrected chi connectivity index (χ0v) is 19.9. The Labute approximate surface area is 200 Å². The summed E-state index contributed by atoms with van der Waals surface area (Å²) in [4.78, 5) is 19.5. The molecule has 2 aromatic carbocycles. The van der Waals surface area contributed by atoms with Crippen molar-refractivity contribution < 1.29 is 9.53 Å². The molecule has 34 heavy (non-hydrogen) atoms. The lowest BCUT2D eigenvalue weighted by molar-refractivity contribution is 0.102. The number of benzene rings is 2. The van der Waals surface area contributed by atoms with E-state index in [1.165, 1.54) is 0 Å². The number of amides is 1. The molecule has 3 N–H and O–H groups in total. The van der Waals surface area contributed by atoms with E-state index in [0.29, 0.717) is 35.2 Å². The third-order valence-electron chi connectivity index (χ3n) is 5.98. The lowest BCUT2D eigenvalue weighted by Crippen LogP contribution is -2.27. The molecular weight excluding hydrogens is 426 g/mol. The highest BCUT2D eigenvalue weighted by Crippen LogP contribution is 2.31. The fourth-order valence-electron chi connectivity index (χ4n) is 4.10. The molecule has 1 aliphatic heterocycles. The number of methoxy groups -OCH3 is 1. The molecule has 7 nitrogen and oxygen atoms in total. The highest BCUT2D eigenvalue weighted by atomic mass is 16.5. The van der Waals surface area contributed by atoms with Gasteiger partial charge in [0.25, 0.3) is 5.91 Å². The number of rotatable bonds is 7. The number of pyridine rings is 1. The largest absolute Gasteiger partial charge is 0.495 e. The molecule has 0 spiro atoms. The van der Waals surface area contributed by atoms with Crippen molar-refractivity contribution in [3.8, 4) is 5.75 Å². The van der Waals surface area contributed by atoms with Crippen LogP contribution in [-0.2, 0) is 6.54 Å². The SMILES string of the molecule is COc1cc(C)cc(C(=O)Nc2ccc(C)cn2)c1NCc1ccc(C(=N)N2CCCC2)cc1. The van der Waals surface area contributed by atoms with Crippen molar-refractivity contribution in [1.82, 2.24) is 9.88 Å². The van der Waals surface area contributed by atoms with Crippen LogP contribution < -0.4 is 15.4 Å². The van der Waals surface area contributed by atoms with Gasteiger partial charge in [-0.15, -0.1) is 0 Å². The van der Waals surface area contributed by atoms with Crippen LogP contribution in [0.1, 0.15) is 45.5 Å². The molecule has 1 aliphatic rings. The number of carbonyl (C=O) groups excluding carboxylic acids is 1. The minimum atomic E-state index is -0.254. The highest BCUT2D eigenvalue weighted by molar-refractivity contribution is 6.08. The Hall–Kier alpha value is -3.87. The summed E-state index contributed by atoms with van der Waals surface area (Å²) < 4.78 is 5.59. The van der Waals surface area contributed by atoms with Crippen molar-refractivity contribution in [2.45, 2.75) is 33.2 Å². The van der Waals surface area contributed by atoms with Gasteiger partial charge in [-0.05, 0) is 61.6 Å². The Bertz CT molecular complexity index is 1170. The standard InChI is InChI=1S/C27H31N5O2/c1-18-6-11-24(29-16-18)31-27(33)22-14-19(2)15-23(34-3)25(22)30-17-20-7-9-21(10-8-20)26(28)32-12-4-5-13-32/h6-11,14-16,28,30H,4-5,12-13,17H2,1-3H3,(H,29,31,33). The average Bonchev–Trinajstić information content (AvgIpc) is 3.39. The van der Waals surface area contributed by atoms with E-state index in [1.807, 2.05) is 56.3 Å². The van der Waals surface area contributed by atoms with E-state index in [0.717, 1.165) is 48.2 Å². The van der Waals surface area contributed by atoms with E-state index in [2.05, 4.69) is 20.5 Å². The van der Waals surface area contributed by atoms with Crippen LogP contribution in [0.3, 0.4) is 0 Å². The van der Waals surface area contributed by atoms with E-state index in [9.17, 15) is 4.79 Å². The third kappa shape index (κ3) is 5.36. The summed E-state index contributed by atoms with van der Waals surface area (Å²) in [6, 6.07) is 15.5. The van der Waals surface area contributed by atoms with Gasteiger partial charge in [-0.3, -0.25) is 10.2 Å². The van der Waals surface area contributed by atoms with Gasteiger partial charge in [0.1, 0.15) is 17.4 Å². The topological polar surface area (TPSA) is 90.3 Å². The van der Waals surface area contributed by atoms with Gasteiger partial charge in [-0.25, -0.2) is 4.98 Å². The van der Waals surface area contributed by atoms with Crippen LogP contribution in [0, 0.1) is 19.3 Å². The summed E-state index contributed by atoms with van der Waals surface area (Å²) in [5, 5.41) is 14.7. The van der Waals surface area contributed by atoms with Crippen LogP contribution >= 0.6 is 0 Å². The second-order valence-electron chi connectivity index (χ2n) is 8.66. The lowest BCUT2D eigenvalue weighted by Gasteiger charge is -2.19. The molecule has 0 radical (unpaired) electrons. The molecular formula is C27H31N5O2. The number of carbonyl (C=O) groups is 1. The molecule has 0 aliphatic carbocycles. The molecule has 0 bridgehead atoms. The quantitative estimate of drug-likeness (QED) is 0.343. The number of hydrogen-bond acceptors (Lipinski definition) is 5. The Morgan fingerprint density at radius 3 is 2.44 bits per heavy atom. The molecule has 176 valence electrons. The Morgan fingerprint density at radius 2 is 1.79 bits per heavy atom. The molecule has 7 heteroatoms. The van der Waals surface area contributed by atoms with Crippen LogP contribution in [-0.4, -0.2) is 41.8 Å². The molecule has 0 atom stereocenters. The number of nitrogens with one attached hydrogen (secondary N) is 3. The van der Waals surface area contributed by atoms with E-state index >= 15 is 0 Å². The third-order valence-corrected chi connectivity index (χ3v) is 5.98. The molecule has 4 rings (SSSR count). The fraction of sp³-hybridized carbons (Fsp3) is 0.296. The van der Waals surface area contributed by atoms with Gasteiger partial charge < -0.3 is 20.3 Å². The number of amidine groups is 1. The van der Waals surface area contributed by atoms with Gasteiger partial charge in [-0.1, -0.05) is 30.3 Å². The van der Waals surface area contributed by atoms with Crippen LogP contribution in [0.4, 0.5) is 11.5 Å². The van der Waals surface area contributed by atoms with Gasteiger partial charge in [0, 0.05) is 31.4 Å². The fourth-order valence-corrected chi connectivity index (χ4v) is 4.10. The first-order valence-corrected chi connectivity index (χ1v) is 11.5. The first-order valence-electron chi connectivity index (χ1n) is 11.5. The first-order chi connectivity index (χ1) is 16.4. The van der Waals surface area contributed by atoms with Crippen LogP contribution in [0.15, 0.2) is 54.7 Å². The van der Waals surface area contributed by atoms with Gasteiger partial charge in [0.05, 0.1) is 18.4 Å². The van der Waals surface area contributed by atoms with Gasteiger partial charge in [0.15, 0.2) is 0 Å². The smallest absolute Gasteiger partial charge is 0.259 e. The van der Waals surface area contributed by atoms with Crippen LogP contribution in [0.2, 0.25) is 0 Å². The second-order valence-corrected chi connectivity index (χ2v) is 8.66. The maximum absolute atomic E-state index is 13.1. The number of hydrogen-bond donors (Lipinski definition) is 3. The zero-order valence-electron chi connectivity index (χ0n) is 19.9. The van der Waals surface area contributed by atoms with E-state index in [1.54, 1.807) is 19.4 Å². The van der Waals surface area contributed by atoms with E-state index in [-0.39, 0.29) is 5.91 Å². The lowest BCUT2D eigenvalue weighted by atomic mass is 10.1. The summed E-state index contributed by atoms with van der Waals surface area (Å²) in [6.07, 6.45) is 4.02. The molecule has 2 heterocycles. The molecule has 1 aromatic heterocycles. The van der Waals surface area contributed by atoms with Crippen molar-refractivity contribution in [1.29, 1.82) is 5.41 Å². The Kier molecular flexibility index (Phi) is 7.11. The van der Waals surface area contributed by atoms with Crippen molar-refractivity contribution >= 4 is 23.2 Å². The zero-order chi connectivity index (χ0) is 24.1. The minimum absolute atomic E-state index is 0.254. The number of likely N-dealkylation sites (tertiary alicyclic amines) is 1. The first kappa shape index (κ1) is 23.3. The summed E-state index contributed by atoms with van der Waals surface area (Å²) in [5.74, 6) is 1.43. The molecule has 3 aromatic rings. The molecule has 1 saturated heterocycles. The predicted octanol–water partition coefficient (Wildman–Crippen LogP) is 4.99. The summed E-state index contributed by atoms with van der Waals surface area (Å²) in [5.41, 5.74) is 5.04. The number of aromatic nitrogens is 1.